The molecule has 0 spiro atoms. The normalized spacial score (nSPS) is 11.4. The predicted molar refractivity (Wildman–Crippen MR) is 91.6 cm³/mol. The van der Waals surface area contributed by atoms with Crippen molar-refractivity contribution in [1.82, 2.24) is 25.5 Å². The van der Waals surface area contributed by atoms with Crippen molar-refractivity contribution in [2.45, 2.75) is 19.3 Å². The first kappa shape index (κ1) is 18.8. The van der Waals surface area contributed by atoms with Gasteiger partial charge in [-0.05, 0) is 46.3 Å². The van der Waals surface area contributed by atoms with Crippen LogP contribution in [0.3, 0.4) is 0 Å². The van der Waals surface area contributed by atoms with E-state index in [1.54, 1.807) is 24.3 Å². The van der Waals surface area contributed by atoms with Crippen molar-refractivity contribution in [3.8, 4) is 11.4 Å². The van der Waals surface area contributed by atoms with Gasteiger partial charge in [0.1, 0.15) is 6.54 Å². The fourth-order valence-electron chi connectivity index (χ4n) is 2.45. The van der Waals surface area contributed by atoms with E-state index in [2.05, 4.69) is 20.8 Å². The molecule has 0 fully saturated rings. The Balaban J connectivity index is 1.68. The van der Waals surface area contributed by atoms with Gasteiger partial charge in [0.2, 0.25) is 5.91 Å². The van der Waals surface area contributed by atoms with Crippen molar-refractivity contribution in [2.75, 3.05) is 0 Å². The number of carbonyl (C=O) groups excluding carboxylic acids is 1. The van der Waals surface area contributed by atoms with Crippen LogP contribution in [0.5, 0.6) is 0 Å². The lowest BCUT2D eigenvalue weighted by Gasteiger charge is -2.13. The van der Waals surface area contributed by atoms with E-state index in [1.807, 2.05) is 0 Å². The van der Waals surface area contributed by atoms with E-state index in [-0.39, 0.29) is 18.7 Å². The van der Waals surface area contributed by atoms with Crippen LogP contribution >= 0.6 is 11.6 Å². The average Bonchev–Trinajstić information content (AvgIpc) is 3.08. The minimum Gasteiger partial charge on any atom is -0.350 e. The fourth-order valence-corrected chi connectivity index (χ4v) is 2.58. The highest BCUT2D eigenvalue weighted by molar-refractivity contribution is 6.30. The molecule has 0 aliphatic heterocycles. The van der Waals surface area contributed by atoms with Gasteiger partial charge in [0.15, 0.2) is 5.82 Å². The first-order valence-electron chi connectivity index (χ1n) is 7.78. The van der Waals surface area contributed by atoms with Crippen molar-refractivity contribution < 1.29 is 18.0 Å². The van der Waals surface area contributed by atoms with Crippen molar-refractivity contribution in [2.24, 2.45) is 0 Å². The third-order valence-corrected chi connectivity index (χ3v) is 3.98. The molecule has 27 heavy (non-hydrogen) atoms. The molecule has 1 N–H and O–H groups in total. The van der Waals surface area contributed by atoms with Gasteiger partial charge in [-0.1, -0.05) is 29.8 Å². The summed E-state index contributed by atoms with van der Waals surface area (Å²) in [5, 5.41) is 14.2. The highest BCUT2D eigenvalue weighted by atomic mass is 35.5. The molecule has 1 aromatic heterocycles. The van der Waals surface area contributed by atoms with Crippen LogP contribution in [0.4, 0.5) is 13.2 Å². The van der Waals surface area contributed by atoms with E-state index in [0.717, 1.165) is 6.07 Å². The van der Waals surface area contributed by atoms with Crippen LogP contribution in [-0.2, 0) is 24.1 Å². The number of tetrazole rings is 1. The molecule has 0 saturated carbocycles. The number of hydrogen-bond acceptors (Lipinski definition) is 4. The molecule has 3 rings (SSSR count). The summed E-state index contributed by atoms with van der Waals surface area (Å²) in [6.07, 6.45) is -4.49. The standard InChI is InChI=1S/C17H13ClF3N5O/c18-13-7-5-11(6-8-13)16-23-24-25-26(16)10-15(27)22-9-12-3-1-2-4-14(12)17(19,20)21/h1-8H,9-10H2,(H,22,27). The lowest BCUT2D eigenvalue weighted by Crippen LogP contribution is -2.28. The predicted octanol–water partition coefficient (Wildman–Crippen LogP) is 3.33. The zero-order chi connectivity index (χ0) is 19.4. The average molecular weight is 396 g/mol. The molecule has 3 aromatic rings. The SMILES string of the molecule is O=C(Cn1nnnc1-c1ccc(Cl)cc1)NCc1ccccc1C(F)(F)F. The molecule has 0 aliphatic rings. The number of hydrogen-bond donors (Lipinski definition) is 1. The van der Waals surface area contributed by atoms with Gasteiger partial charge in [-0.15, -0.1) is 5.10 Å². The summed E-state index contributed by atoms with van der Waals surface area (Å²) in [4.78, 5) is 12.2. The third-order valence-electron chi connectivity index (χ3n) is 3.73. The number of alkyl halides is 3. The van der Waals surface area contributed by atoms with Gasteiger partial charge in [-0.2, -0.15) is 13.2 Å². The number of benzene rings is 2. The Morgan fingerprint density at radius 1 is 1.11 bits per heavy atom. The van der Waals surface area contributed by atoms with Gasteiger partial charge in [-0.3, -0.25) is 4.79 Å². The van der Waals surface area contributed by atoms with Gasteiger partial charge >= 0.3 is 6.18 Å². The summed E-state index contributed by atoms with van der Waals surface area (Å²) in [7, 11) is 0. The first-order chi connectivity index (χ1) is 12.8. The van der Waals surface area contributed by atoms with E-state index in [0.29, 0.717) is 16.4 Å². The van der Waals surface area contributed by atoms with E-state index in [9.17, 15) is 18.0 Å². The van der Waals surface area contributed by atoms with E-state index >= 15 is 0 Å². The van der Waals surface area contributed by atoms with Crippen molar-refractivity contribution in [3.63, 3.8) is 0 Å². The lowest BCUT2D eigenvalue weighted by molar-refractivity contribution is -0.138. The molecule has 6 nitrogen and oxygen atoms in total. The molecule has 1 heterocycles. The summed E-state index contributed by atoms with van der Waals surface area (Å²) in [6, 6.07) is 11.8. The zero-order valence-corrected chi connectivity index (χ0v) is 14.5. The van der Waals surface area contributed by atoms with Crippen LogP contribution in [0.1, 0.15) is 11.1 Å². The summed E-state index contributed by atoms with van der Waals surface area (Å²) in [5.41, 5.74) is -0.151. The van der Waals surface area contributed by atoms with E-state index in [4.69, 9.17) is 11.6 Å². The molecule has 0 saturated heterocycles. The molecule has 0 unspecified atom stereocenters. The monoisotopic (exact) mass is 395 g/mol. The van der Waals surface area contributed by atoms with Crippen LogP contribution in [0.2, 0.25) is 5.02 Å². The minimum absolute atomic E-state index is 0.0204. The van der Waals surface area contributed by atoms with E-state index < -0.39 is 17.6 Å². The van der Waals surface area contributed by atoms with Crippen molar-refractivity contribution >= 4 is 17.5 Å². The molecule has 140 valence electrons. The second kappa shape index (κ2) is 7.75. The summed E-state index contributed by atoms with van der Waals surface area (Å²) in [6.45, 7) is -0.494. The molecule has 0 bridgehead atoms. The van der Waals surface area contributed by atoms with Gasteiger partial charge in [0, 0.05) is 17.1 Å². The van der Waals surface area contributed by atoms with Crippen molar-refractivity contribution in [1.29, 1.82) is 0 Å². The Bertz CT molecular complexity index is 940. The minimum atomic E-state index is -4.49. The highest BCUT2D eigenvalue weighted by Crippen LogP contribution is 2.31. The highest BCUT2D eigenvalue weighted by Gasteiger charge is 2.32. The van der Waals surface area contributed by atoms with Crippen LogP contribution in [0.25, 0.3) is 11.4 Å². The summed E-state index contributed by atoms with van der Waals surface area (Å²) in [5.74, 6) is -0.174. The number of nitrogens with zero attached hydrogens (tertiary/aromatic N) is 4. The molecule has 1 amide bonds. The van der Waals surface area contributed by atoms with Crippen LogP contribution in [-0.4, -0.2) is 26.1 Å². The Labute approximate surface area is 157 Å². The molecule has 0 aliphatic carbocycles. The fraction of sp³-hybridized carbons (Fsp3) is 0.176. The molecule has 2 aromatic carbocycles. The van der Waals surface area contributed by atoms with Gasteiger partial charge in [0.05, 0.1) is 5.56 Å². The second-order valence-electron chi connectivity index (χ2n) is 5.60. The number of aromatic nitrogens is 4. The van der Waals surface area contributed by atoms with Crippen LogP contribution < -0.4 is 5.32 Å². The Morgan fingerprint density at radius 3 is 2.52 bits per heavy atom. The molecular formula is C17H13ClF3N5O. The van der Waals surface area contributed by atoms with Gasteiger partial charge < -0.3 is 5.32 Å². The number of nitrogens with one attached hydrogen (secondary N) is 1. The Kier molecular flexibility index (Phi) is 5.41. The van der Waals surface area contributed by atoms with Gasteiger partial charge in [-0.25, -0.2) is 4.68 Å². The van der Waals surface area contributed by atoms with Crippen LogP contribution in [0, 0.1) is 0 Å². The third kappa shape index (κ3) is 4.62. The topological polar surface area (TPSA) is 72.7 Å². The summed E-state index contributed by atoms with van der Waals surface area (Å²) >= 11 is 5.84. The molecule has 0 atom stereocenters. The molecular weight excluding hydrogens is 383 g/mol. The van der Waals surface area contributed by atoms with E-state index in [1.165, 1.54) is 22.9 Å². The summed E-state index contributed by atoms with van der Waals surface area (Å²) < 4.78 is 40.2. The Morgan fingerprint density at radius 2 is 1.81 bits per heavy atom. The maximum absolute atomic E-state index is 13.0. The zero-order valence-electron chi connectivity index (χ0n) is 13.7. The number of amides is 1. The molecule has 10 heteroatoms. The number of halogens is 4. The second-order valence-corrected chi connectivity index (χ2v) is 6.04. The maximum Gasteiger partial charge on any atom is 0.416 e. The number of rotatable bonds is 5. The largest absolute Gasteiger partial charge is 0.416 e. The maximum atomic E-state index is 13.0. The van der Waals surface area contributed by atoms with Crippen molar-refractivity contribution in [3.05, 3.63) is 64.7 Å². The Hall–Kier alpha value is -2.94. The first-order valence-corrected chi connectivity index (χ1v) is 8.16. The lowest BCUT2D eigenvalue weighted by atomic mass is 10.1. The quantitative estimate of drug-likeness (QED) is 0.719. The number of carbonyl (C=O) groups is 1. The van der Waals surface area contributed by atoms with Gasteiger partial charge in [0.25, 0.3) is 0 Å². The molecule has 0 radical (unpaired) electrons. The van der Waals surface area contributed by atoms with Crippen LogP contribution in [0.15, 0.2) is 48.5 Å². The smallest absolute Gasteiger partial charge is 0.350 e.